The van der Waals surface area contributed by atoms with Crippen molar-refractivity contribution < 1.29 is 4.79 Å². The number of ketones is 1. The van der Waals surface area contributed by atoms with Gasteiger partial charge in [-0.05, 0) is 49.8 Å². The van der Waals surface area contributed by atoms with Crippen molar-refractivity contribution in [3.8, 4) is 0 Å². The Morgan fingerprint density at radius 2 is 1.40 bits per heavy atom. The topological polar surface area (TPSA) is 17.1 Å². The summed E-state index contributed by atoms with van der Waals surface area (Å²) >= 11 is 0. The number of hydrogen-bond acceptors (Lipinski definition) is 1. The molecule has 0 atom stereocenters. The fraction of sp³-hybridized carbons (Fsp3) is 0.632. The zero-order chi connectivity index (χ0) is 15.3. The minimum Gasteiger partial charge on any atom is -0.294 e. The third-order valence-electron chi connectivity index (χ3n) is 4.54. The Bertz CT molecular complexity index is 465. The number of Topliss-reactive ketones (excluding diaryl/α,β-unsaturated/α-hetero) is 1. The van der Waals surface area contributed by atoms with Crippen LogP contribution < -0.4 is 0 Å². The first-order valence-corrected chi connectivity index (χ1v) is 8.28. The van der Waals surface area contributed by atoms with E-state index in [0.29, 0.717) is 5.78 Å². The van der Waals surface area contributed by atoms with Gasteiger partial charge in [0.2, 0.25) is 0 Å². The normalized spacial score (nSPS) is 18.0. The van der Waals surface area contributed by atoms with Crippen LogP contribution in [0.15, 0.2) is 12.1 Å². The number of aryl methyl sites for hydroxylation is 2. The van der Waals surface area contributed by atoms with Crippen LogP contribution in [0.5, 0.6) is 0 Å². The zero-order valence-electron chi connectivity index (χ0n) is 14.1. The highest BCUT2D eigenvalue weighted by Gasteiger charge is 2.47. The largest absolute Gasteiger partial charge is 0.294 e. The van der Waals surface area contributed by atoms with Gasteiger partial charge in [0, 0.05) is 11.0 Å². The predicted octanol–water partition coefficient (Wildman–Crippen LogP) is 5.66. The molecule has 1 nitrogen and oxygen atoms in total. The van der Waals surface area contributed by atoms with Gasteiger partial charge in [0.05, 0.1) is 0 Å². The van der Waals surface area contributed by atoms with Crippen LogP contribution in [0.1, 0.15) is 80.4 Å². The van der Waals surface area contributed by atoms with Crippen LogP contribution in [0, 0.1) is 19.3 Å². The average Bonchev–Trinajstić information content (AvgIpc) is 3.07. The summed E-state index contributed by atoms with van der Waals surface area (Å²) in [5.74, 6) is 0.446. The Labute approximate surface area is 124 Å². The second-order valence-corrected chi connectivity index (χ2v) is 5.55. The number of benzene rings is 1. The molecule has 2 aliphatic carbocycles. The van der Waals surface area contributed by atoms with Crippen LogP contribution >= 0.6 is 0 Å². The molecule has 1 spiro atoms. The molecule has 20 heavy (non-hydrogen) atoms. The van der Waals surface area contributed by atoms with E-state index in [1.54, 1.807) is 0 Å². The van der Waals surface area contributed by atoms with Gasteiger partial charge in [-0.15, -0.1) is 0 Å². The van der Waals surface area contributed by atoms with Crippen LogP contribution in [0.3, 0.4) is 0 Å². The summed E-state index contributed by atoms with van der Waals surface area (Å²) in [6.45, 7) is 12.2. The molecule has 1 heteroatoms. The van der Waals surface area contributed by atoms with Gasteiger partial charge in [0.25, 0.3) is 0 Å². The van der Waals surface area contributed by atoms with Crippen LogP contribution in [0.25, 0.3) is 0 Å². The minimum absolute atomic E-state index is 0.000787. The summed E-state index contributed by atoms with van der Waals surface area (Å²) in [4.78, 5) is 12.6. The molecule has 0 aliphatic heterocycles. The molecular weight excluding hydrogens is 244 g/mol. The highest BCUT2D eigenvalue weighted by Crippen LogP contribution is 2.49. The lowest BCUT2D eigenvalue weighted by Crippen LogP contribution is -2.24. The highest BCUT2D eigenvalue weighted by molar-refractivity contribution is 6.06. The maximum Gasteiger partial charge on any atom is 0.169 e. The van der Waals surface area contributed by atoms with Crippen molar-refractivity contribution in [3.63, 3.8) is 0 Å². The Morgan fingerprint density at radius 1 is 0.900 bits per heavy atom. The van der Waals surface area contributed by atoms with Gasteiger partial charge < -0.3 is 0 Å². The van der Waals surface area contributed by atoms with E-state index >= 15 is 0 Å². The van der Waals surface area contributed by atoms with Crippen molar-refractivity contribution in [2.75, 3.05) is 0 Å². The molecule has 1 aromatic carbocycles. The molecule has 0 radical (unpaired) electrons. The molecule has 112 valence electrons. The van der Waals surface area contributed by atoms with E-state index in [2.05, 4.69) is 26.0 Å². The van der Waals surface area contributed by atoms with E-state index in [1.165, 1.54) is 29.5 Å². The molecule has 0 N–H and O–H groups in total. The van der Waals surface area contributed by atoms with Gasteiger partial charge in [-0.2, -0.15) is 0 Å². The SMILES string of the molecule is CC.CC.Cc1ccc(C)c2c1CC1(CCCC1)C2=O. The van der Waals surface area contributed by atoms with Crippen LogP contribution in [-0.2, 0) is 6.42 Å². The Balaban J connectivity index is 0.000000461. The van der Waals surface area contributed by atoms with Gasteiger partial charge in [-0.1, -0.05) is 52.7 Å². The molecule has 1 saturated carbocycles. The van der Waals surface area contributed by atoms with Gasteiger partial charge >= 0.3 is 0 Å². The number of hydrogen-bond donors (Lipinski definition) is 0. The summed E-state index contributed by atoms with van der Waals surface area (Å²) in [5, 5.41) is 0. The molecule has 2 aliphatic rings. The number of fused-ring (bicyclic) bond motifs is 1. The van der Waals surface area contributed by atoms with Crippen molar-refractivity contribution in [1.82, 2.24) is 0 Å². The first-order valence-electron chi connectivity index (χ1n) is 8.28. The van der Waals surface area contributed by atoms with Gasteiger partial charge in [0.15, 0.2) is 5.78 Å². The highest BCUT2D eigenvalue weighted by atomic mass is 16.1. The fourth-order valence-electron chi connectivity index (χ4n) is 3.55. The Hall–Kier alpha value is -1.11. The summed E-state index contributed by atoms with van der Waals surface area (Å²) in [5.41, 5.74) is 4.88. The molecule has 0 aromatic heterocycles. The summed E-state index contributed by atoms with van der Waals surface area (Å²) in [6, 6.07) is 4.26. The van der Waals surface area contributed by atoms with E-state index in [0.717, 1.165) is 24.8 Å². The maximum absolute atomic E-state index is 12.6. The lowest BCUT2D eigenvalue weighted by atomic mass is 9.82. The van der Waals surface area contributed by atoms with Crippen molar-refractivity contribution in [2.45, 2.75) is 73.6 Å². The standard InChI is InChI=1S/C15H18O.2C2H6/c1-10-5-6-11(2)13-12(10)9-15(14(13)16)7-3-4-8-15;2*1-2/h5-6H,3-4,7-9H2,1-2H3;2*1-2H3. The predicted molar refractivity (Wildman–Crippen MR) is 87.5 cm³/mol. The van der Waals surface area contributed by atoms with Crippen molar-refractivity contribution in [3.05, 3.63) is 34.4 Å². The Kier molecular flexibility index (Phi) is 5.98. The molecule has 0 amide bonds. The first kappa shape index (κ1) is 16.9. The summed E-state index contributed by atoms with van der Waals surface area (Å²) < 4.78 is 0. The summed E-state index contributed by atoms with van der Waals surface area (Å²) in [7, 11) is 0. The van der Waals surface area contributed by atoms with Crippen LogP contribution in [0.2, 0.25) is 0 Å². The van der Waals surface area contributed by atoms with E-state index in [-0.39, 0.29) is 5.41 Å². The van der Waals surface area contributed by atoms with Crippen LogP contribution in [0.4, 0.5) is 0 Å². The molecule has 1 fully saturated rings. The molecule has 0 heterocycles. The summed E-state index contributed by atoms with van der Waals surface area (Å²) in [6.07, 6.45) is 5.70. The lowest BCUT2D eigenvalue weighted by molar-refractivity contribution is 0.0826. The molecule has 0 bridgehead atoms. The monoisotopic (exact) mass is 274 g/mol. The Morgan fingerprint density at radius 3 is 1.90 bits per heavy atom. The fourth-order valence-corrected chi connectivity index (χ4v) is 3.55. The van der Waals surface area contributed by atoms with Crippen molar-refractivity contribution >= 4 is 5.78 Å². The van der Waals surface area contributed by atoms with E-state index in [1.807, 2.05) is 27.7 Å². The first-order chi connectivity index (χ1) is 9.64. The van der Waals surface area contributed by atoms with E-state index < -0.39 is 0 Å². The van der Waals surface area contributed by atoms with Gasteiger partial charge in [0.1, 0.15) is 0 Å². The molecule has 3 rings (SSSR count). The quantitative estimate of drug-likeness (QED) is 0.597. The molecule has 1 aromatic rings. The molecule has 0 saturated heterocycles. The average molecular weight is 274 g/mol. The number of carbonyl (C=O) groups excluding carboxylic acids is 1. The minimum atomic E-state index is -0.000787. The number of carbonyl (C=O) groups is 1. The van der Waals surface area contributed by atoms with E-state index in [9.17, 15) is 4.79 Å². The third kappa shape index (κ3) is 2.68. The second-order valence-electron chi connectivity index (χ2n) is 5.55. The van der Waals surface area contributed by atoms with Gasteiger partial charge in [-0.3, -0.25) is 4.79 Å². The van der Waals surface area contributed by atoms with Crippen LogP contribution in [-0.4, -0.2) is 5.78 Å². The maximum atomic E-state index is 12.6. The molecular formula is C19H30O. The molecule has 0 unspecified atom stereocenters. The lowest BCUT2D eigenvalue weighted by Gasteiger charge is -2.19. The van der Waals surface area contributed by atoms with E-state index in [4.69, 9.17) is 0 Å². The zero-order valence-corrected chi connectivity index (χ0v) is 14.1. The smallest absolute Gasteiger partial charge is 0.169 e. The second kappa shape index (κ2) is 7.06. The third-order valence-corrected chi connectivity index (χ3v) is 4.54. The number of rotatable bonds is 0. The van der Waals surface area contributed by atoms with Crippen molar-refractivity contribution in [2.24, 2.45) is 5.41 Å². The van der Waals surface area contributed by atoms with Crippen molar-refractivity contribution in [1.29, 1.82) is 0 Å². The van der Waals surface area contributed by atoms with Gasteiger partial charge in [-0.25, -0.2) is 0 Å².